The van der Waals surface area contributed by atoms with Crippen LogP contribution in [-0.4, -0.2) is 5.84 Å². The number of aryl methyl sites for hydroxylation is 1. The van der Waals surface area contributed by atoms with E-state index in [0.717, 1.165) is 19.3 Å². The normalized spacial score (nSPS) is 9.82. The molecule has 0 radical (unpaired) electrons. The molecule has 0 aromatic carbocycles. The first-order valence-corrected chi connectivity index (χ1v) is 4.57. The lowest BCUT2D eigenvalue weighted by Gasteiger charge is -1.95. The quantitative estimate of drug-likeness (QED) is 0.524. The molecular formula is C8H12N2S. The second-order valence-electron chi connectivity index (χ2n) is 2.51. The van der Waals surface area contributed by atoms with Gasteiger partial charge in [-0.15, -0.1) is 0 Å². The first-order valence-electron chi connectivity index (χ1n) is 3.63. The fourth-order valence-electron chi connectivity index (χ4n) is 0.918. The van der Waals surface area contributed by atoms with Crippen LogP contribution in [0.3, 0.4) is 0 Å². The molecular weight excluding hydrogens is 156 g/mol. The van der Waals surface area contributed by atoms with E-state index in [0.29, 0.717) is 5.84 Å². The van der Waals surface area contributed by atoms with Crippen molar-refractivity contribution in [2.24, 2.45) is 5.73 Å². The average molecular weight is 168 g/mol. The van der Waals surface area contributed by atoms with Crippen molar-refractivity contribution < 1.29 is 0 Å². The van der Waals surface area contributed by atoms with E-state index in [-0.39, 0.29) is 0 Å². The molecule has 3 N–H and O–H groups in total. The van der Waals surface area contributed by atoms with Gasteiger partial charge in [0.25, 0.3) is 0 Å². The summed E-state index contributed by atoms with van der Waals surface area (Å²) in [4.78, 5) is 0. The number of rotatable bonds is 4. The average Bonchev–Trinajstić information content (AvgIpc) is 2.39. The van der Waals surface area contributed by atoms with Crippen LogP contribution in [0.2, 0.25) is 0 Å². The van der Waals surface area contributed by atoms with Crippen LogP contribution in [0, 0.1) is 5.41 Å². The van der Waals surface area contributed by atoms with Gasteiger partial charge in [0, 0.05) is 6.42 Å². The minimum atomic E-state index is 0.292. The van der Waals surface area contributed by atoms with E-state index in [1.165, 1.54) is 5.56 Å². The Labute approximate surface area is 70.6 Å². The van der Waals surface area contributed by atoms with Crippen LogP contribution in [0.5, 0.6) is 0 Å². The smallest absolute Gasteiger partial charge is 0.0905 e. The van der Waals surface area contributed by atoms with Crippen LogP contribution in [0.1, 0.15) is 18.4 Å². The topological polar surface area (TPSA) is 49.9 Å². The molecule has 1 heterocycles. The predicted octanol–water partition coefficient (Wildman–Crippen LogP) is 2.01. The lowest BCUT2D eigenvalue weighted by atomic mass is 10.1. The standard InChI is InChI=1S/C8H12N2S/c9-8(10)3-1-2-7-4-5-11-6-7/h4-6H,1-3H2,(H3,9,10). The van der Waals surface area contributed by atoms with E-state index in [1.54, 1.807) is 11.3 Å². The fraction of sp³-hybridized carbons (Fsp3) is 0.375. The zero-order chi connectivity index (χ0) is 8.10. The zero-order valence-corrected chi connectivity index (χ0v) is 7.16. The Morgan fingerprint density at radius 1 is 1.64 bits per heavy atom. The van der Waals surface area contributed by atoms with Gasteiger partial charge >= 0.3 is 0 Å². The number of nitrogens with one attached hydrogen (secondary N) is 1. The Hall–Kier alpha value is -0.830. The minimum Gasteiger partial charge on any atom is -0.388 e. The van der Waals surface area contributed by atoms with Crippen molar-refractivity contribution in [3.8, 4) is 0 Å². The van der Waals surface area contributed by atoms with Crippen molar-refractivity contribution in [3.05, 3.63) is 22.4 Å². The third kappa shape index (κ3) is 3.18. The molecule has 0 saturated carbocycles. The largest absolute Gasteiger partial charge is 0.388 e. The molecule has 0 aliphatic carbocycles. The summed E-state index contributed by atoms with van der Waals surface area (Å²) in [6, 6.07) is 2.12. The summed E-state index contributed by atoms with van der Waals surface area (Å²) in [5.74, 6) is 0.292. The van der Waals surface area contributed by atoms with Crippen molar-refractivity contribution >= 4 is 17.2 Å². The molecule has 1 aromatic heterocycles. The molecule has 0 bridgehead atoms. The van der Waals surface area contributed by atoms with Gasteiger partial charge in [0.15, 0.2) is 0 Å². The molecule has 0 aliphatic heterocycles. The molecule has 1 aromatic rings. The highest BCUT2D eigenvalue weighted by Crippen LogP contribution is 2.08. The van der Waals surface area contributed by atoms with E-state index in [9.17, 15) is 0 Å². The van der Waals surface area contributed by atoms with E-state index in [4.69, 9.17) is 11.1 Å². The van der Waals surface area contributed by atoms with Gasteiger partial charge in [-0.1, -0.05) is 0 Å². The Bertz CT molecular complexity index is 216. The van der Waals surface area contributed by atoms with Gasteiger partial charge in [0.05, 0.1) is 5.84 Å². The van der Waals surface area contributed by atoms with E-state index >= 15 is 0 Å². The third-order valence-electron chi connectivity index (χ3n) is 1.49. The molecule has 0 amide bonds. The number of hydrogen-bond donors (Lipinski definition) is 2. The predicted molar refractivity (Wildman–Crippen MR) is 49.2 cm³/mol. The first-order chi connectivity index (χ1) is 5.29. The molecule has 11 heavy (non-hydrogen) atoms. The molecule has 0 fully saturated rings. The minimum absolute atomic E-state index is 0.292. The molecule has 1 rings (SSSR count). The van der Waals surface area contributed by atoms with Crippen LogP contribution in [0.15, 0.2) is 16.8 Å². The fourth-order valence-corrected chi connectivity index (χ4v) is 1.62. The third-order valence-corrected chi connectivity index (χ3v) is 2.22. The number of amidine groups is 1. The summed E-state index contributed by atoms with van der Waals surface area (Å²) < 4.78 is 0. The van der Waals surface area contributed by atoms with Crippen molar-refractivity contribution in [1.29, 1.82) is 5.41 Å². The van der Waals surface area contributed by atoms with Crippen LogP contribution in [0.25, 0.3) is 0 Å². The van der Waals surface area contributed by atoms with Crippen LogP contribution < -0.4 is 5.73 Å². The molecule has 0 unspecified atom stereocenters. The highest BCUT2D eigenvalue weighted by Gasteiger charge is 1.93. The highest BCUT2D eigenvalue weighted by atomic mass is 32.1. The summed E-state index contributed by atoms with van der Waals surface area (Å²) in [6.45, 7) is 0. The number of thiophene rings is 1. The van der Waals surface area contributed by atoms with Gasteiger partial charge in [-0.3, -0.25) is 5.41 Å². The maximum atomic E-state index is 7.00. The Morgan fingerprint density at radius 3 is 3.00 bits per heavy atom. The molecule has 0 saturated heterocycles. The maximum absolute atomic E-state index is 7.00. The summed E-state index contributed by atoms with van der Waals surface area (Å²) in [5, 5.41) is 11.2. The van der Waals surface area contributed by atoms with Crippen molar-refractivity contribution in [3.63, 3.8) is 0 Å². The maximum Gasteiger partial charge on any atom is 0.0905 e. The lowest BCUT2D eigenvalue weighted by Crippen LogP contribution is -2.08. The molecule has 3 heteroatoms. The number of hydrogen-bond acceptors (Lipinski definition) is 2. The molecule has 0 atom stereocenters. The Morgan fingerprint density at radius 2 is 2.45 bits per heavy atom. The van der Waals surface area contributed by atoms with Crippen molar-refractivity contribution in [2.45, 2.75) is 19.3 Å². The monoisotopic (exact) mass is 168 g/mol. The van der Waals surface area contributed by atoms with E-state index < -0.39 is 0 Å². The van der Waals surface area contributed by atoms with E-state index in [2.05, 4.69) is 16.8 Å². The molecule has 60 valence electrons. The molecule has 0 spiro atoms. The van der Waals surface area contributed by atoms with Gasteiger partial charge < -0.3 is 5.73 Å². The summed E-state index contributed by atoms with van der Waals surface area (Å²) in [5.41, 5.74) is 6.58. The van der Waals surface area contributed by atoms with Crippen LogP contribution in [0.4, 0.5) is 0 Å². The van der Waals surface area contributed by atoms with Crippen molar-refractivity contribution in [1.82, 2.24) is 0 Å². The van der Waals surface area contributed by atoms with E-state index in [1.807, 2.05) is 0 Å². The lowest BCUT2D eigenvalue weighted by molar-refractivity contribution is 0.860. The summed E-state index contributed by atoms with van der Waals surface area (Å²) in [6.07, 6.45) is 2.75. The van der Waals surface area contributed by atoms with Gasteiger partial charge in [0.2, 0.25) is 0 Å². The highest BCUT2D eigenvalue weighted by molar-refractivity contribution is 7.07. The second-order valence-corrected chi connectivity index (χ2v) is 3.29. The van der Waals surface area contributed by atoms with Gasteiger partial charge in [-0.05, 0) is 35.2 Å². The zero-order valence-electron chi connectivity index (χ0n) is 6.34. The van der Waals surface area contributed by atoms with Gasteiger partial charge in [-0.2, -0.15) is 11.3 Å². The first kappa shape index (κ1) is 8.27. The second kappa shape index (κ2) is 4.13. The SMILES string of the molecule is N=C(N)CCCc1ccsc1. The van der Waals surface area contributed by atoms with Gasteiger partial charge in [-0.25, -0.2) is 0 Å². The molecule has 2 nitrogen and oxygen atoms in total. The van der Waals surface area contributed by atoms with Crippen LogP contribution >= 0.6 is 11.3 Å². The van der Waals surface area contributed by atoms with Gasteiger partial charge in [0.1, 0.15) is 0 Å². The summed E-state index contributed by atoms with van der Waals surface area (Å²) >= 11 is 1.71. The van der Waals surface area contributed by atoms with Crippen molar-refractivity contribution in [2.75, 3.05) is 0 Å². The Kier molecular flexibility index (Phi) is 3.11. The number of nitrogens with two attached hydrogens (primary N) is 1. The molecule has 0 aliphatic rings. The Balaban J connectivity index is 2.19. The summed E-state index contributed by atoms with van der Waals surface area (Å²) in [7, 11) is 0. The van der Waals surface area contributed by atoms with Crippen LogP contribution in [-0.2, 0) is 6.42 Å².